The molecule has 0 fully saturated rings. The van der Waals surface area contributed by atoms with E-state index in [1.165, 1.54) is 5.56 Å². The molecule has 32 heavy (non-hydrogen) atoms. The van der Waals surface area contributed by atoms with E-state index in [1.54, 1.807) is 27.9 Å². The lowest BCUT2D eigenvalue weighted by Crippen LogP contribution is -2.26. The van der Waals surface area contributed by atoms with Gasteiger partial charge < -0.3 is 0 Å². The van der Waals surface area contributed by atoms with Crippen molar-refractivity contribution < 1.29 is 4.98 Å². The Morgan fingerprint density at radius 2 is 1.81 bits per heavy atom. The second-order valence-corrected chi connectivity index (χ2v) is 8.01. The number of allylic oxidation sites excluding steroid dienone is 1. The molecule has 0 spiro atoms. The monoisotopic (exact) mass is 423 g/mol. The summed E-state index contributed by atoms with van der Waals surface area (Å²) in [5.74, 6) is 0.467. The highest BCUT2D eigenvalue weighted by Crippen LogP contribution is 2.24. The maximum absolute atomic E-state index is 13.2. The third-order valence-corrected chi connectivity index (χ3v) is 5.52. The molecule has 0 aliphatic heterocycles. The topological polar surface area (TPSA) is 79.2 Å². The molecule has 2 aromatic carbocycles. The number of nitrogens with zero attached hydrogens (tertiary/aromatic N) is 5. The SMILES string of the molecule is C=CCn1c[nH+]c2c(c1=O)c1nc3ccccc3nc1n2N=Cc1ccc(C(C)C)cc1. The molecular formula is C25H23N6O+. The number of aromatic amines is 1. The molecular weight excluding hydrogens is 400 g/mol. The van der Waals surface area contributed by atoms with Crippen molar-refractivity contribution in [3.8, 4) is 0 Å². The van der Waals surface area contributed by atoms with Crippen molar-refractivity contribution in [3.63, 3.8) is 0 Å². The number of H-pyrrole nitrogens is 1. The van der Waals surface area contributed by atoms with Crippen LogP contribution in [0.1, 0.15) is 30.9 Å². The Labute approximate surface area is 184 Å². The number of nitrogens with one attached hydrogen (secondary N) is 1. The van der Waals surface area contributed by atoms with Gasteiger partial charge in [-0.3, -0.25) is 0 Å². The highest BCUT2D eigenvalue weighted by Gasteiger charge is 2.24. The lowest BCUT2D eigenvalue weighted by atomic mass is 10.0. The minimum atomic E-state index is -0.163. The molecule has 3 aromatic heterocycles. The van der Waals surface area contributed by atoms with Gasteiger partial charge in [-0.25, -0.2) is 24.3 Å². The fraction of sp³-hybridized carbons (Fsp3) is 0.160. The summed E-state index contributed by atoms with van der Waals surface area (Å²) in [6, 6.07) is 15.9. The molecule has 0 bridgehead atoms. The Morgan fingerprint density at radius 1 is 1.09 bits per heavy atom. The van der Waals surface area contributed by atoms with Crippen LogP contribution in [0, 0.1) is 0 Å². The predicted octanol–water partition coefficient (Wildman–Crippen LogP) is 3.91. The fourth-order valence-corrected chi connectivity index (χ4v) is 3.79. The maximum Gasteiger partial charge on any atom is 0.323 e. The molecule has 0 amide bonds. The van der Waals surface area contributed by atoms with Crippen molar-refractivity contribution in [1.82, 2.24) is 19.2 Å². The summed E-state index contributed by atoms with van der Waals surface area (Å²) < 4.78 is 3.21. The van der Waals surface area contributed by atoms with Gasteiger partial charge in [-0.15, -0.1) is 9.78 Å². The second-order valence-electron chi connectivity index (χ2n) is 8.01. The first-order valence-corrected chi connectivity index (χ1v) is 10.5. The largest absolute Gasteiger partial charge is 0.323 e. The summed E-state index contributed by atoms with van der Waals surface area (Å²) in [6.07, 6.45) is 5.08. The molecule has 158 valence electrons. The number of fused-ring (bicyclic) bond motifs is 4. The van der Waals surface area contributed by atoms with Crippen molar-refractivity contribution in [2.75, 3.05) is 0 Å². The van der Waals surface area contributed by atoms with Crippen molar-refractivity contribution in [2.24, 2.45) is 5.10 Å². The zero-order valence-corrected chi connectivity index (χ0v) is 18.0. The molecule has 5 aromatic rings. The predicted molar refractivity (Wildman–Crippen MR) is 127 cm³/mol. The molecule has 0 unspecified atom stereocenters. The molecule has 1 N–H and O–H groups in total. The van der Waals surface area contributed by atoms with Gasteiger partial charge in [0.1, 0.15) is 5.52 Å². The van der Waals surface area contributed by atoms with Gasteiger partial charge in [-0.1, -0.05) is 62.9 Å². The van der Waals surface area contributed by atoms with Crippen LogP contribution in [0.5, 0.6) is 0 Å². The van der Waals surface area contributed by atoms with Gasteiger partial charge >= 0.3 is 5.56 Å². The summed E-state index contributed by atoms with van der Waals surface area (Å²) in [4.78, 5) is 26.0. The van der Waals surface area contributed by atoms with Crippen LogP contribution in [-0.4, -0.2) is 25.4 Å². The molecule has 7 heteroatoms. The van der Waals surface area contributed by atoms with Crippen LogP contribution in [0.25, 0.3) is 33.2 Å². The number of hydrogen-bond acceptors (Lipinski definition) is 4. The number of para-hydroxylation sites is 2. The van der Waals surface area contributed by atoms with Gasteiger partial charge in [-0.2, -0.15) is 0 Å². The Morgan fingerprint density at radius 3 is 2.50 bits per heavy atom. The minimum Gasteiger partial charge on any atom is -0.250 e. The molecule has 0 aliphatic carbocycles. The smallest absolute Gasteiger partial charge is 0.250 e. The second kappa shape index (κ2) is 7.85. The minimum absolute atomic E-state index is 0.163. The molecule has 3 heterocycles. The van der Waals surface area contributed by atoms with Crippen LogP contribution in [0.3, 0.4) is 0 Å². The van der Waals surface area contributed by atoms with Crippen molar-refractivity contribution in [3.05, 3.63) is 89.0 Å². The molecule has 5 rings (SSSR count). The lowest BCUT2D eigenvalue weighted by molar-refractivity contribution is -0.357. The molecule has 0 saturated heterocycles. The van der Waals surface area contributed by atoms with Crippen LogP contribution >= 0.6 is 0 Å². The van der Waals surface area contributed by atoms with Gasteiger partial charge in [0.05, 0.1) is 23.8 Å². The first-order valence-electron chi connectivity index (χ1n) is 10.5. The van der Waals surface area contributed by atoms with E-state index < -0.39 is 0 Å². The van der Waals surface area contributed by atoms with Crippen LogP contribution in [0.4, 0.5) is 0 Å². The molecule has 7 nitrogen and oxygen atoms in total. The lowest BCUT2D eigenvalue weighted by Gasteiger charge is -2.04. The van der Waals surface area contributed by atoms with Gasteiger partial charge in [0.25, 0.3) is 5.65 Å². The normalized spacial score (nSPS) is 12.0. The van der Waals surface area contributed by atoms with Crippen LogP contribution < -0.4 is 10.5 Å². The van der Waals surface area contributed by atoms with Crippen molar-refractivity contribution in [2.45, 2.75) is 26.3 Å². The number of rotatable bonds is 5. The first kappa shape index (κ1) is 19.8. The average Bonchev–Trinajstić information content (AvgIpc) is 3.11. The number of hydrogen-bond donors (Lipinski definition) is 0. The number of benzene rings is 2. The van der Waals surface area contributed by atoms with Gasteiger partial charge in [0.2, 0.25) is 5.65 Å². The van der Waals surface area contributed by atoms with Gasteiger partial charge in [-0.05, 0) is 29.2 Å². The van der Waals surface area contributed by atoms with E-state index >= 15 is 0 Å². The third kappa shape index (κ3) is 3.28. The quantitative estimate of drug-likeness (QED) is 0.318. The zero-order chi connectivity index (χ0) is 22.2. The molecule has 0 aliphatic rings. The van der Waals surface area contributed by atoms with E-state index in [1.807, 2.05) is 36.4 Å². The molecule has 0 saturated carbocycles. The van der Waals surface area contributed by atoms with Crippen molar-refractivity contribution >= 4 is 39.4 Å². The standard InChI is InChI=1S/C25H22N6O/c1-4-13-30-15-26-23-21(25(30)32)22-24(29-20-8-6-5-7-19(20)28-22)31(23)27-14-17-9-11-18(12-10-17)16(2)3/h4-12,14-16H,1,13H2,2-3H3/p+1. The summed E-state index contributed by atoms with van der Waals surface area (Å²) >= 11 is 0. The van der Waals surface area contributed by atoms with E-state index in [4.69, 9.17) is 9.97 Å². The highest BCUT2D eigenvalue weighted by atomic mass is 16.1. The summed E-state index contributed by atoms with van der Waals surface area (Å²) in [7, 11) is 0. The average molecular weight is 424 g/mol. The molecule has 0 atom stereocenters. The Hall–Kier alpha value is -4.13. The van der Waals surface area contributed by atoms with Crippen LogP contribution in [0.15, 0.2) is 77.4 Å². The van der Waals surface area contributed by atoms with Gasteiger partial charge in [0, 0.05) is 0 Å². The fourth-order valence-electron chi connectivity index (χ4n) is 3.79. The maximum atomic E-state index is 13.2. The summed E-state index contributed by atoms with van der Waals surface area (Å²) in [5.41, 5.74) is 5.13. The molecule has 0 radical (unpaired) electrons. The Balaban J connectivity index is 1.76. The third-order valence-electron chi connectivity index (χ3n) is 5.52. The van der Waals surface area contributed by atoms with Crippen LogP contribution in [-0.2, 0) is 6.54 Å². The van der Waals surface area contributed by atoms with E-state index in [2.05, 4.69) is 42.6 Å². The Bertz CT molecular complexity index is 1560. The van der Waals surface area contributed by atoms with Gasteiger partial charge in [0.15, 0.2) is 11.7 Å². The Kier molecular flexibility index (Phi) is 4.86. The van der Waals surface area contributed by atoms with E-state index in [-0.39, 0.29) is 5.56 Å². The van der Waals surface area contributed by atoms with E-state index in [0.29, 0.717) is 34.7 Å². The van der Waals surface area contributed by atoms with E-state index in [9.17, 15) is 4.79 Å². The van der Waals surface area contributed by atoms with Crippen molar-refractivity contribution in [1.29, 1.82) is 0 Å². The first-order chi connectivity index (χ1) is 15.6. The van der Waals surface area contributed by atoms with Crippen LogP contribution in [0.2, 0.25) is 0 Å². The number of aromatic nitrogens is 5. The summed E-state index contributed by atoms with van der Waals surface area (Å²) in [5, 5.41) is 5.13. The summed E-state index contributed by atoms with van der Waals surface area (Å²) in [6.45, 7) is 8.46. The highest BCUT2D eigenvalue weighted by molar-refractivity contribution is 6.03. The van der Waals surface area contributed by atoms with E-state index in [0.717, 1.165) is 16.6 Å². The zero-order valence-electron chi connectivity index (χ0n) is 18.0.